The summed E-state index contributed by atoms with van der Waals surface area (Å²) in [4.78, 5) is 0. The van der Waals surface area contributed by atoms with Crippen LogP contribution in [0.3, 0.4) is 0 Å². The molecule has 150 valence electrons. The molecular weight excluding hydrogens is 364 g/mol. The molecule has 0 unspecified atom stereocenters. The third-order valence-electron chi connectivity index (χ3n) is 5.49. The molecule has 1 saturated heterocycles. The predicted molar refractivity (Wildman–Crippen MR) is 111 cm³/mol. The van der Waals surface area contributed by atoms with Gasteiger partial charge in [0.25, 0.3) is 0 Å². The minimum atomic E-state index is -0.826. The summed E-state index contributed by atoms with van der Waals surface area (Å²) in [6, 6.07) is 30.6. The van der Waals surface area contributed by atoms with Gasteiger partial charge in [0.05, 0.1) is 12.7 Å². The van der Waals surface area contributed by atoms with Crippen LogP contribution in [0.15, 0.2) is 91.0 Å². The highest BCUT2D eigenvalue weighted by atomic mass is 16.6. The topological polar surface area (TPSA) is 47.9 Å². The predicted octanol–water partition coefficient (Wildman–Crippen LogP) is 4.12. The van der Waals surface area contributed by atoms with Crippen molar-refractivity contribution in [1.82, 2.24) is 0 Å². The molecule has 0 bridgehead atoms. The number of hydrogen-bond acceptors (Lipinski definition) is 4. The maximum atomic E-state index is 9.92. The molecule has 0 spiro atoms. The van der Waals surface area contributed by atoms with Crippen LogP contribution in [-0.2, 0) is 19.8 Å². The molecule has 29 heavy (non-hydrogen) atoms. The second-order valence-electron chi connectivity index (χ2n) is 7.23. The average Bonchev–Trinajstić information content (AvgIpc) is 3.16. The van der Waals surface area contributed by atoms with E-state index in [1.54, 1.807) is 7.11 Å². The Morgan fingerprint density at radius 3 is 1.69 bits per heavy atom. The number of hydrogen-bond donors (Lipinski definition) is 1. The molecule has 0 amide bonds. The lowest BCUT2D eigenvalue weighted by molar-refractivity contribution is -0.132. The van der Waals surface area contributed by atoms with E-state index in [1.165, 1.54) is 0 Å². The van der Waals surface area contributed by atoms with Crippen molar-refractivity contribution >= 4 is 0 Å². The van der Waals surface area contributed by atoms with Crippen LogP contribution in [0.5, 0.6) is 0 Å². The lowest BCUT2D eigenvalue weighted by Crippen LogP contribution is -2.38. The molecule has 4 rings (SSSR count). The second kappa shape index (κ2) is 8.89. The van der Waals surface area contributed by atoms with Crippen LogP contribution in [-0.4, -0.2) is 37.3 Å². The number of aliphatic hydroxyl groups is 1. The molecule has 1 N–H and O–H groups in total. The number of methoxy groups -OCH3 is 1. The van der Waals surface area contributed by atoms with Crippen molar-refractivity contribution in [2.45, 2.75) is 30.5 Å². The van der Waals surface area contributed by atoms with Gasteiger partial charge < -0.3 is 19.3 Å². The van der Waals surface area contributed by atoms with Gasteiger partial charge in [0, 0.05) is 13.5 Å². The Morgan fingerprint density at radius 1 is 0.828 bits per heavy atom. The monoisotopic (exact) mass is 390 g/mol. The first-order valence-corrected chi connectivity index (χ1v) is 9.91. The van der Waals surface area contributed by atoms with E-state index in [0.717, 1.165) is 16.7 Å². The first-order valence-electron chi connectivity index (χ1n) is 9.91. The number of ether oxygens (including phenoxy) is 3. The van der Waals surface area contributed by atoms with Crippen LogP contribution >= 0.6 is 0 Å². The van der Waals surface area contributed by atoms with E-state index in [0.29, 0.717) is 6.42 Å². The van der Waals surface area contributed by atoms with Crippen molar-refractivity contribution in [3.8, 4) is 0 Å². The zero-order chi connectivity index (χ0) is 20.1. The van der Waals surface area contributed by atoms with Crippen LogP contribution in [0.1, 0.15) is 23.1 Å². The fourth-order valence-corrected chi connectivity index (χ4v) is 4.07. The number of aliphatic hydroxyl groups excluding tert-OH is 1. The normalized spacial score (nSPS) is 21.9. The zero-order valence-corrected chi connectivity index (χ0v) is 16.5. The van der Waals surface area contributed by atoms with Gasteiger partial charge >= 0.3 is 0 Å². The lowest BCUT2D eigenvalue weighted by atomic mass is 9.80. The third-order valence-corrected chi connectivity index (χ3v) is 5.49. The summed E-state index contributed by atoms with van der Waals surface area (Å²) in [5.41, 5.74) is 2.29. The second-order valence-corrected chi connectivity index (χ2v) is 7.23. The minimum absolute atomic E-state index is 0.204. The smallest absolute Gasteiger partial charge is 0.157 e. The minimum Gasteiger partial charge on any atom is -0.378 e. The Hall–Kier alpha value is -2.50. The summed E-state index contributed by atoms with van der Waals surface area (Å²) in [7, 11) is 1.64. The Bertz CT molecular complexity index is 786. The van der Waals surface area contributed by atoms with Gasteiger partial charge in [-0.25, -0.2) is 0 Å². The lowest BCUT2D eigenvalue weighted by Gasteiger charge is -2.37. The van der Waals surface area contributed by atoms with Crippen molar-refractivity contribution in [3.05, 3.63) is 108 Å². The van der Waals surface area contributed by atoms with Crippen molar-refractivity contribution in [2.75, 3.05) is 13.7 Å². The highest BCUT2D eigenvalue weighted by Gasteiger charge is 2.41. The van der Waals surface area contributed by atoms with Crippen LogP contribution in [0.25, 0.3) is 0 Å². The van der Waals surface area contributed by atoms with Crippen molar-refractivity contribution in [1.29, 1.82) is 0 Å². The first-order chi connectivity index (χ1) is 14.2. The molecule has 4 heteroatoms. The molecule has 3 aromatic rings. The highest BCUT2D eigenvalue weighted by molar-refractivity contribution is 5.47. The molecule has 0 aromatic heterocycles. The highest BCUT2D eigenvalue weighted by Crippen LogP contribution is 2.41. The van der Waals surface area contributed by atoms with E-state index >= 15 is 0 Å². The van der Waals surface area contributed by atoms with Crippen LogP contribution in [0.4, 0.5) is 0 Å². The van der Waals surface area contributed by atoms with Gasteiger partial charge in [0.15, 0.2) is 6.29 Å². The van der Waals surface area contributed by atoms with Gasteiger partial charge in [0.2, 0.25) is 0 Å². The van der Waals surface area contributed by atoms with E-state index in [2.05, 4.69) is 36.4 Å². The number of rotatable bonds is 7. The van der Waals surface area contributed by atoms with Crippen molar-refractivity contribution in [2.24, 2.45) is 0 Å². The molecule has 3 atom stereocenters. The van der Waals surface area contributed by atoms with Crippen molar-refractivity contribution < 1.29 is 19.3 Å². The quantitative estimate of drug-likeness (QED) is 0.617. The van der Waals surface area contributed by atoms with Gasteiger partial charge in [-0.05, 0) is 16.7 Å². The molecule has 1 heterocycles. The Morgan fingerprint density at radius 2 is 1.28 bits per heavy atom. The zero-order valence-electron chi connectivity index (χ0n) is 16.5. The molecule has 1 fully saturated rings. The van der Waals surface area contributed by atoms with E-state index in [-0.39, 0.29) is 18.8 Å². The fourth-order valence-electron chi connectivity index (χ4n) is 4.07. The molecule has 0 aliphatic carbocycles. The van der Waals surface area contributed by atoms with E-state index in [9.17, 15) is 5.11 Å². The van der Waals surface area contributed by atoms with Gasteiger partial charge in [-0.1, -0.05) is 91.0 Å². The fraction of sp³-hybridized carbons (Fsp3) is 0.280. The molecule has 4 nitrogen and oxygen atoms in total. The van der Waals surface area contributed by atoms with Crippen LogP contribution in [0, 0.1) is 0 Å². The molecule has 1 aliphatic rings. The standard InChI is InChI=1S/C25H26O4/c1-27-22-17-24(26)29-23(22)18-28-25(19-11-5-2-6-12-19,20-13-7-3-8-14-20)21-15-9-4-10-16-21/h2-16,22-24,26H,17-18H2,1H3/t22-,23+,24-/m0/s1. The average molecular weight is 390 g/mol. The van der Waals surface area contributed by atoms with Crippen molar-refractivity contribution in [3.63, 3.8) is 0 Å². The molecular formula is C25H26O4. The Balaban J connectivity index is 1.80. The SMILES string of the molecule is CO[C@H]1C[C@@H](O)O[C@@H]1COC(c1ccccc1)(c1ccccc1)c1ccccc1. The maximum Gasteiger partial charge on any atom is 0.157 e. The van der Waals surface area contributed by atoms with Crippen LogP contribution < -0.4 is 0 Å². The molecule has 0 radical (unpaired) electrons. The van der Waals surface area contributed by atoms with E-state index in [1.807, 2.05) is 54.6 Å². The molecule has 3 aromatic carbocycles. The summed E-state index contributed by atoms with van der Waals surface area (Å²) < 4.78 is 17.9. The summed E-state index contributed by atoms with van der Waals surface area (Å²) >= 11 is 0. The molecule has 1 aliphatic heterocycles. The Kier molecular flexibility index (Phi) is 6.07. The first kappa shape index (κ1) is 19.8. The summed E-state index contributed by atoms with van der Waals surface area (Å²) in [6.45, 7) is 0.286. The van der Waals surface area contributed by atoms with Gasteiger partial charge in [-0.15, -0.1) is 0 Å². The van der Waals surface area contributed by atoms with Gasteiger partial charge in [-0.2, -0.15) is 0 Å². The maximum absolute atomic E-state index is 9.92. The number of benzene rings is 3. The third kappa shape index (κ3) is 3.98. The van der Waals surface area contributed by atoms with E-state index in [4.69, 9.17) is 14.2 Å². The van der Waals surface area contributed by atoms with Gasteiger partial charge in [-0.3, -0.25) is 0 Å². The van der Waals surface area contributed by atoms with Crippen LogP contribution in [0.2, 0.25) is 0 Å². The Labute approximate surface area is 171 Å². The largest absolute Gasteiger partial charge is 0.378 e. The molecule has 0 saturated carbocycles. The summed E-state index contributed by atoms with van der Waals surface area (Å²) in [6.07, 6.45) is -0.928. The van der Waals surface area contributed by atoms with E-state index < -0.39 is 11.9 Å². The summed E-state index contributed by atoms with van der Waals surface area (Å²) in [5, 5.41) is 9.92. The van der Waals surface area contributed by atoms with Gasteiger partial charge in [0.1, 0.15) is 11.7 Å². The summed E-state index contributed by atoms with van der Waals surface area (Å²) in [5.74, 6) is 0.